The van der Waals surface area contributed by atoms with Gasteiger partial charge in [0.15, 0.2) is 0 Å². The summed E-state index contributed by atoms with van der Waals surface area (Å²) in [4.78, 5) is 0. The molecule has 1 aliphatic carbocycles. The van der Waals surface area contributed by atoms with Crippen LogP contribution in [0.3, 0.4) is 0 Å². The van der Waals surface area contributed by atoms with Gasteiger partial charge in [0.2, 0.25) is 0 Å². The van der Waals surface area contributed by atoms with E-state index in [-0.39, 0.29) is 5.82 Å². The largest absolute Gasteiger partial charge is 0.207 e. The SMILES string of the molecule is C#C[C@@H]1CCCC1c1cc(C)cc(F)c1. The maximum atomic E-state index is 13.3. The van der Waals surface area contributed by atoms with E-state index in [0.717, 1.165) is 30.4 Å². The summed E-state index contributed by atoms with van der Waals surface area (Å²) < 4.78 is 13.3. The fourth-order valence-corrected chi connectivity index (χ4v) is 2.54. The molecule has 0 amide bonds. The van der Waals surface area contributed by atoms with Crippen molar-refractivity contribution >= 4 is 0 Å². The van der Waals surface area contributed by atoms with Crippen molar-refractivity contribution < 1.29 is 4.39 Å². The van der Waals surface area contributed by atoms with Gasteiger partial charge in [-0.3, -0.25) is 0 Å². The molecule has 78 valence electrons. The minimum absolute atomic E-state index is 0.146. The molecule has 1 aromatic rings. The van der Waals surface area contributed by atoms with Crippen LogP contribution in [0.15, 0.2) is 18.2 Å². The second-order valence-corrected chi connectivity index (χ2v) is 4.37. The zero-order valence-electron chi connectivity index (χ0n) is 8.96. The highest BCUT2D eigenvalue weighted by molar-refractivity contribution is 5.29. The van der Waals surface area contributed by atoms with Crippen LogP contribution in [0.4, 0.5) is 4.39 Å². The lowest BCUT2D eigenvalue weighted by molar-refractivity contribution is 0.590. The Hall–Kier alpha value is -1.29. The topological polar surface area (TPSA) is 0 Å². The molecule has 0 saturated heterocycles. The van der Waals surface area contributed by atoms with Crippen molar-refractivity contribution in [2.45, 2.75) is 32.1 Å². The van der Waals surface area contributed by atoms with Crippen LogP contribution < -0.4 is 0 Å². The molecule has 0 aliphatic heterocycles. The Labute approximate surface area is 90.5 Å². The highest BCUT2D eigenvalue weighted by Gasteiger charge is 2.27. The lowest BCUT2D eigenvalue weighted by atomic mass is 9.89. The molecule has 0 radical (unpaired) electrons. The number of benzene rings is 1. The Bertz CT molecular complexity index is 380. The van der Waals surface area contributed by atoms with Gasteiger partial charge in [0.1, 0.15) is 5.82 Å². The maximum absolute atomic E-state index is 13.3. The lowest BCUT2D eigenvalue weighted by Gasteiger charge is -2.15. The number of rotatable bonds is 1. The molecule has 1 aromatic carbocycles. The summed E-state index contributed by atoms with van der Waals surface area (Å²) in [5.74, 6) is 3.35. The fraction of sp³-hybridized carbons (Fsp3) is 0.429. The molecule has 1 aliphatic rings. The Morgan fingerprint density at radius 2 is 2.13 bits per heavy atom. The third kappa shape index (κ3) is 2.04. The maximum Gasteiger partial charge on any atom is 0.123 e. The zero-order chi connectivity index (χ0) is 10.8. The lowest BCUT2D eigenvalue weighted by Crippen LogP contribution is -2.04. The third-order valence-electron chi connectivity index (χ3n) is 3.22. The van der Waals surface area contributed by atoms with Gasteiger partial charge in [0, 0.05) is 5.92 Å². The van der Waals surface area contributed by atoms with Crippen molar-refractivity contribution in [2.75, 3.05) is 0 Å². The van der Waals surface area contributed by atoms with Crippen LogP contribution in [-0.2, 0) is 0 Å². The minimum Gasteiger partial charge on any atom is -0.207 e. The van der Waals surface area contributed by atoms with E-state index in [1.807, 2.05) is 6.92 Å². The van der Waals surface area contributed by atoms with Gasteiger partial charge in [-0.25, -0.2) is 4.39 Å². The van der Waals surface area contributed by atoms with E-state index in [1.54, 1.807) is 12.1 Å². The molecule has 0 N–H and O–H groups in total. The average Bonchev–Trinajstić information content (AvgIpc) is 2.63. The summed E-state index contributed by atoms with van der Waals surface area (Å²) in [6, 6.07) is 5.25. The van der Waals surface area contributed by atoms with Gasteiger partial charge in [-0.1, -0.05) is 12.5 Å². The van der Waals surface area contributed by atoms with Crippen molar-refractivity contribution in [1.29, 1.82) is 0 Å². The Morgan fingerprint density at radius 1 is 1.33 bits per heavy atom. The van der Waals surface area contributed by atoms with Crippen LogP contribution in [0.25, 0.3) is 0 Å². The van der Waals surface area contributed by atoms with Gasteiger partial charge in [-0.05, 0) is 48.9 Å². The molecule has 0 bridgehead atoms. The molecule has 15 heavy (non-hydrogen) atoms. The van der Waals surface area contributed by atoms with Gasteiger partial charge in [-0.2, -0.15) is 0 Å². The summed E-state index contributed by atoms with van der Waals surface area (Å²) >= 11 is 0. The number of halogens is 1. The number of aryl methyl sites for hydroxylation is 1. The summed E-state index contributed by atoms with van der Waals surface area (Å²) in [6.07, 6.45) is 8.83. The second-order valence-electron chi connectivity index (χ2n) is 4.37. The van der Waals surface area contributed by atoms with Gasteiger partial charge in [-0.15, -0.1) is 12.3 Å². The van der Waals surface area contributed by atoms with Gasteiger partial charge >= 0.3 is 0 Å². The molecule has 0 nitrogen and oxygen atoms in total. The molecule has 0 aromatic heterocycles. The minimum atomic E-state index is -0.146. The molecule has 0 heterocycles. The number of hydrogen-bond acceptors (Lipinski definition) is 0. The summed E-state index contributed by atoms with van der Waals surface area (Å²) in [5.41, 5.74) is 2.06. The second kappa shape index (κ2) is 4.06. The van der Waals surface area contributed by atoms with Gasteiger partial charge < -0.3 is 0 Å². The van der Waals surface area contributed by atoms with E-state index in [2.05, 4.69) is 12.0 Å². The van der Waals surface area contributed by atoms with Crippen molar-refractivity contribution in [3.63, 3.8) is 0 Å². The first-order valence-electron chi connectivity index (χ1n) is 5.44. The van der Waals surface area contributed by atoms with Crippen LogP contribution in [0, 0.1) is 31.0 Å². The average molecular weight is 202 g/mol. The van der Waals surface area contributed by atoms with Crippen molar-refractivity contribution in [3.05, 3.63) is 35.1 Å². The first-order chi connectivity index (χ1) is 7.20. The summed E-state index contributed by atoms with van der Waals surface area (Å²) in [6.45, 7) is 1.92. The molecule has 1 saturated carbocycles. The first-order valence-corrected chi connectivity index (χ1v) is 5.44. The quantitative estimate of drug-likeness (QED) is 0.610. The summed E-state index contributed by atoms with van der Waals surface area (Å²) in [5, 5.41) is 0. The normalized spacial score (nSPS) is 25.1. The number of terminal acetylenes is 1. The Morgan fingerprint density at radius 3 is 2.80 bits per heavy atom. The Balaban J connectivity index is 2.33. The Kier molecular flexibility index (Phi) is 2.77. The fourth-order valence-electron chi connectivity index (χ4n) is 2.54. The molecule has 2 rings (SSSR count). The molecule has 0 spiro atoms. The number of hydrogen-bond donors (Lipinski definition) is 0. The molecular weight excluding hydrogens is 187 g/mol. The van der Waals surface area contributed by atoms with E-state index in [0.29, 0.717) is 11.8 Å². The van der Waals surface area contributed by atoms with Crippen molar-refractivity contribution in [1.82, 2.24) is 0 Å². The van der Waals surface area contributed by atoms with Crippen LogP contribution in [0.2, 0.25) is 0 Å². The van der Waals surface area contributed by atoms with Gasteiger partial charge in [0.25, 0.3) is 0 Å². The predicted molar refractivity (Wildman–Crippen MR) is 60.1 cm³/mol. The van der Waals surface area contributed by atoms with E-state index in [1.165, 1.54) is 0 Å². The van der Waals surface area contributed by atoms with Crippen LogP contribution in [0.5, 0.6) is 0 Å². The molecule has 1 heteroatoms. The van der Waals surface area contributed by atoms with Crippen LogP contribution in [-0.4, -0.2) is 0 Å². The van der Waals surface area contributed by atoms with E-state index < -0.39 is 0 Å². The predicted octanol–water partition coefficient (Wildman–Crippen LogP) is 3.65. The van der Waals surface area contributed by atoms with Crippen LogP contribution in [0.1, 0.15) is 36.3 Å². The third-order valence-corrected chi connectivity index (χ3v) is 3.22. The monoisotopic (exact) mass is 202 g/mol. The highest BCUT2D eigenvalue weighted by Crippen LogP contribution is 2.39. The van der Waals surface area contributed by atoms with Crippen LogP contribution >= 0.6 is 0 Å². The molecular formula is C14H15F. The first kappa shape index (κ1) is 10.2. The molecule has 1 fully saturated rings. The van der Waals surface area contributed by atoms with E-state index in [4.69, 9.17) is 6.42 Å². The van der Waals surface area contributed by atoms with Gasteiger partial charge in [0.05, 0.1) is 0 Å². The summed E-state index contributed by atoms with van der Waals surface area (Å²) in [7, 11) is 0. The molecule has 2 atom stereocenters. The highest BCUT2D eigenvalue weighted by atomic mass is 19.1. The van der Waals surface area contributed by atoms with E-state index in [9.17, 15) is 4.39 Å². The standard InChI is InChI=1S/C14H15F/c1-3-11-5-4-6-14(11)12-7-10(2)8-13(15)9-12/h1,7-9,11,14H,4-6H2,2H3/t11-,14?/m1/s1. The van der Waals surface area contributed by atoms with E-state index >= 15 is 0 Å². The van der Waals surface area contributed by atoms with Crippen molar-refractivity contribution in [2.24, 2.45) is 5.92 Å². The smallest absolute Gasteiger partial charge is 0.123 e. The zero-order valence-corrected chi connectivity index (χ0v) is 8.96. The van der Waals surface area contributed by atoms with Crippen molar-refractivity contribution in [3.8, 4) is 12.3 Å². The molecule has 1 unspecified atom stereocenters.